The Bertz CT molecular complexity index is 249. The third-order valence-electron chi connectivity index (χ3n) is 1.06. The van der Waals surface area contributed by atoms with Gasteiger partial charge in [0, 0.05) is 0 Å². The number of alkyl halides is 3. The highest BCUT2D eigenvalue weighted by atomic mass is 32.2. The molecular formula is C5H10F3NO2S. The van der Waals surface area contributed by atoms with Gasteiger partial charge in [0.1, 0.15) is 0 Å². The van der Waals surface area contributed by atoms with Gasteiger partial charge in [0.2, 0.25) is 10.0 Å². The van der Waals surface area contributed by atoms with Crippen molar-refractivity contribution in [3.05, 3.63) is 0 Å². The Kier molecular flexibility index (Phi) is 2.81. The second-order valence-corrected chi connectivity index (χ2v) is 5.65. The van der Waals surface area contributed by atoms with E-state index in [0.717, 1.165) is 0 Å². The molecule has 0 aliphatic rings. The number of halogens is 3. The lowest BCUT2D eigenvalue weighted by Crippen LogP contribution is -2.46. The molecule has 0 radical (unpaired) electrons. The Morgan fingerprint density at radius 2 is 1.42 bits per heavy atom. The van der Waals surface area contributed by atoms with E-state index >= 15 is 0 Å². The maximum Gasteiger partial charge on any atom is 0.470 e. The first kappa shape index (κ1) is 11.7. The monoisotopic (exact) mass is 205 g/mol. The van der Waals surface area contributed by atoms with Gasteiger partial charge >= 0.3 is 6.30 Å². The van der Waals surface area contributed by atoms with Crippen molar-refractivity contribution < 1.29 is 21.6 Å². The van der Waals surface area contributed by atoms with Gasteiger partial charge in [0.25, 0.3) is 0 Å². The van der Waals surface area contributed by atoms with Crippen LogP contribution >= 0.6 is 0 Å². The highest BCUT2D eigenvalue weighted by molar-refractivity contribution is 7.90. The summed E-state index contributed by atoms with van der Waals surface area (Å²) in [5.74, 6) is 0. The summed E-state index contributed by atoms with van der Waals surface area (Å²) >= 11 is 0. The van der Waals surface area contributed by atoms with E-state index in [4.69, 9.17) is 0 Å². The molecule has 0 rings (SSSR count). The minimum Gasteiger partial charge on any atom is -0.212 e. The Morgan fingerprint density at radius 1 is 1.08 bits per heavy atom. The Morgan fingerprint density at radius 3 is 1.50 bits per heavy atom. The molecule has 0 saturated carbocycles. The Hall–Kier alpha value is -0.300. The molecule has 0 unspecified atom stereocenters. The first-order valence-corrected chi connectivity index (χ1v) is 4.54. The molecule has 7 heteroatoms. The van der Waals surface area contributed by atoms with Crippen molar-refractivity contribution in [2.24, 2.45) is 0 Å². The van der Waals surface area contributed by atoms with E-state index in [1.54, 1.807) is 0 Å². The van der Waals surface area contributed by atoms with Crippen LogP contribution in [0.1, 0.15) is 20.8 Å². The summed E-state index contributed by atoms with van der Waals surface area (Å²) in [7, 11) is -4.33. The van der Waals surface area contributed by atoms with E-state index in [1.165, 1.54) is 20.8 Å². The molecule has 0 saturated heterocycles. The largest absolute Gasteiger partial charge is 0.470 e. The van der Waals surface area contributed by atoms with Crippen molar-refractivity contribution in [2.45, 2.75) is 31.8 Å². The van der Waals surface area contributed by atoms with Gasteiger partial charge in [-0.2, -0.15) is 13.2 Å². The molecule has 74 valence electrons. The summed E-state index contributed by atoms with van der Waals surface area (Å²) in [6.45, 7) is 3.54. The van der Waals surface area contributed by atoms with Crippen molar-refractivity contribution >= 4 is 10.0 Å². The molecule has 1 N–H and O–H groups in total. The van der Waals surface area contributed by atoms with Gasteiger partial charge in [-0.25, -0.2) is 8.42 Å². The molecule has 3 nitrogen and oxygen atoms in total. The maximum absolute atomic E-state index is 11.6. The molecule has 0 atom stereocenters. The predicted molar refractivity (Wildman–Crippen MR) is 37.9 cm³/mol. The van der Waals surface area contributed by atoms with Gasteiger partial charge in [0.15, 0.2) is 0 Å². The van der Waals surface area contributed by atoms with E-state index < -0.39 is 21.1 Å². The van der Waals surface area contributed by atoms with Gasteiger partial charge < -0.3 is 0 Å². The van der Waals surface area contributed by atoms with Gasteiger partial charge in [-0.05, 0) is 20.8 Å². The van der Waals surface area contributed by atoms with Crippen LogP contribution in [-0.2, 0) is 10.0 Å². The van der Waals surface area contributed by atoms with Crippen molar-refractivity contribution in [2.75, 3.05) is 0 Å². The zero-order valence-electron chi connectivity index (χ0n) is 6.86. The zero-order chi connectivity index (χ0) is 10.2. The minimum absolute atomic E-state index is 0.608. The summed E-state index contributed by atoms with van der Waals surface area (Å²) in [4.78, 5) is 0. The van der Waals surface area contributed by atoms with Crippen molar-refractivity contribution in [3.63, 3.8) is 0 Å². The fraction of sp³-hybridized carbons (Fsp3) is 1.00. The van der Waals surface area contributed by atoms with E-state index in [0.29, 0.717) is 4.72 Å². The fourth-order valence-corrected chi connectivity index (χ4v) is 0.916. The van der Waals surface area contributed by atoms with Crippen molar-refractivity contribution in [1.82, 2.24) is 4.72 Å². The average Bonchev–Trinajstić information content (AvgIpc) is 1.52. The second kappa shape index (κ2) is 2.88. The SMILES string of the molecule is CC(C)(C)S(=O)(=O)NC(F)(F)F. The third-order valence-corrected chi connectivity index (χ3v) is 3.17. The van der Waals surface area contributed by atoms with E-state index in [9.17, 15) is 21.6 Å². The zero-order valence-corrected chi connectivity index (χ0v) is 7.68. The molecule has 0 aliphatic carbocycles. The van der Waals surface area contributed by atoms with Gasteiger partial charge in [-0.1, -0.05) is 0 Å². The molecule has 0 amide bonds. The van der Waals surface area contributed by atoms with Crippen LogP contribution in [0.25, 0.3) is 0 Å². The number of sulfonamides is 1. The van der Waals surface area contributed by atoms with Crippen LogP contribution in [0.15, 0.2) is 0 Å². The van der Waals surface area contributed by atoms with Gasteiger partial charge in [0.05, 0.1) is 4.75 Å². The molecule has 0 aliphatic heterocycles. The van der Waals surface area contributed by atoms with Crippen LogP contribution in [0, 0.1) is 0 Å². The summed E-state index contributed by atoms with van der Waals surface area (Å²) in [5.41, 5.74) is 0. The lowest BCUT2D eigenvalue weighted by Gasteiger charge is -2.20. The minimum atomic E-state index is -4.90. The van der Waals surface area contributed by atoms with E-state index in [-0.39, 0.29) is 0 Å². The Labute approximate surface area is 69.0 Å². The quantitative estimate of drug-likeness (QED) is 0.654. The lowest BCUT2D eigenvalue weighted by molar-refractivity contribution is -0.138. The molecule has 12 heavy (non-hydrogen) atoms. The molecule has 0 aromatic rings. The summed E-state index contributed by atoms with van der Waals surface area (Å²) < 4.78 is 55.6. The van der Waals surface area contributed by atoms with Crippen LogP contribution in [0.5, 0.6) is 0 Å². The van der Waals surface area contributed by atoms with Crippen molar-refractivity contribution in [3.8, 4) is 0 Å². The number of nitrogens with one attached hydrogen (secondary N) is 1. The van der Waals surface area contributed by atoms with Crippen LogP contribution in [0.2, 0.25) is 0 Å². The second-order valence-electron chi connectivity index (χ2n) is 3.22. The summed E-state index contributed by atoms with van der Waals surface area (Å²) in [6, 6.07) is 0. The molecule has 0 aromatic heterocycles. The average molecular weight is 205 g/mol. The smallest absolute Gasteiger partial charge is 0.212 e. The number of hydrogen-bond acceptors (Lipinski definition) is 2. The van der Waals surface area contributed by atoms with Crippen LogP contribution < -0.4 is 4.72 Å². The first-order chi connectivity index (χ1) is 4.96. The molecular weight excluding hydrogens is 195 g/mol. The number of rotatable bonds is 1. The molecule has 0 bridgehead atoms. The summed E-state index contributed by atoms with van der Waals surface area (Å²) in [5, 5.41) is 0. The van der Waals surface area contributed by atoms with Crippen LogP contribution in [0.3, 0.4) is 0 Å². The lowest BCUT2D eigenvalue weighted by atomic mass is 10.3. The van der Waals surface area contributed by atoms with E-state index in [1.807, 2.05) is 0 Å². The number of hydrogen-bond donors (Lipinski definition) is 1. The standard InChI is InChI=1S/C5H10F3NO2S/c1-4(2,3)12(10,11)9-5(6,7)8/h9H,1-3H3. The van der Waals surface area contributed by atoms with Crippen molar-refractivity contribution in [1.29, 1.82) is 0 Å². The normalized spacial score (nSPS) is 14.8. The highest BCUT2D eigenvalue weighted by Gasteiger charge is 2.40. The third kappa shape index (κ3) is 3.40. The van der Waals surface area contributed by atoms with Gasteiger partial charge in [-0.3, -0.25) is 0 Å². The fourth-order valence-electron chi connectivity index (χ4n) is 0.305. The predicted octanol–water partition coefficient (Wildman–Crippen LogP) is 1.22. The summed E-state index contributed by atoms with van der Waals surface area (Å²) in [6.07, 6.45) is -4.90. The van der Waals surface area contributed by atoms with E-state index in [2.05, 4.69) is 0 Å². The molecule has 0 aromatic carbocycles. The van der Waals surface area contributed by atoms with Crippen LogP contribution in [-0.4, -0.2) is 19.5 Å². The van der Waals surface area contributed by atoms with Crippen LogP contribution in [0.4, 0.5) is 13.2 Å². The molecule has 0 heterocycles. The highest BCUT2D eigenvalue weighted by Crippen LogP contribution is 2.19. The Balaban J connectivity index is 4.70. The topological polar surface area (TPSA) is 46.2 Å². The molecule has 0 fully saturated rings. The first-order valence-electron chi connectivity index (χ1n) is 3.06. The van der Waals surface area contributed by atoms with Gasteiger partial charge in [-0.15, -0.1) is 4.72 Å². The molecule has 0 spiro atoms. The maximum atomic E-state index is 11.6.